The number of aryl methyl sites for hydroxylation is 1. The fraction of sp³-hybridized carbons (Fsp3) is 0.417. The molecule has 174 valence electrons. The summed E-state index contributed by atoms with van der Waals surface area (Å²) in [6.45, 7) is 4.67. The van der Waals surface area contributed by atoms with Gasteiger partial charge in [-0.2, -0.15) is 0 Å². The van der Waals surface area contributed by atoms with Gasteiger partial charge in [0.05, 0.1) is 28.1 Å². The summed E-state index contributed by atoms with van der Waals surface area (Å²) in [6.07, 6.45) is 2.20. The summed E-state index contributed by atoms with van der Waals surface area (Å²) in [7, 11) is 3.74. The molecule has 0 aliphatic carbocycles. The number of carbonyl (C=O) groups excluding carboxylic acids is 2. The zero-order valence-corrected chi connectivity index (χ0v) is 20.7. The first-order valence-electron chi connectivity index (χ1n) is 11.0. The van der Waals surface area contributed by atoms with E-state index in [0.717, 1.165) is 47.6 Å². The van der Waals surface area contributed by atoms with Gasteiger partial charge in [-0.25, -0.2) is 9.97 Å². The van der Waals surface area contributed by atoms with Crippen LogP contribution in [0.5, 0.6) is 5.75 Å². The SMILES string of the molecule is COc1ccc2nc(C)nc(SCC(=O)c3ccc(C(=O)NCC4CCN(C)CC4)s3)c2c1. The molecule has 1 aliphatic rings. The summed E-state index contributed by atoms with van der Waals surface area (Å²) in [5.74, 6) is 2.01. The number of likely N-dealkylation sites (tertiary alicyclic amines) is 1. The summed E-state index contributed by atoms with van der Waals surface area (Å²) in [6, 6.07) is 9.12. The third-order valence-corrected chi connectivity index (χ3v) is 7.93. The number of carbonyl (C=O) groups is 2. The number of fused-ring (bicyclic) bond motifs is 1. The molecule has 1 fully saturated rings. The molecule has 0 unspecified atom stereocenters. The molecule has 3 heterocycles. The van der Waals surface area contributed by atoms with Crippen LogP contribution in [-0.2, 0) is 0 Å². The maximum atomic E-state index is 12.8. The molecule has 0 bridgehead atoms. The number of thioether (sulfide) groups is 1. The summed E-state index contributed by atoms with van der Waals surface area (Å²) >= 11 is 2.63. The molecule has 1 aromatic carbocycles. The molecule has 33 heavy (non-hydrogen) atoms. The van der Waals surface area contributed by atoms with Crippen LogP contribution in [0.4, 0.5) is 0 Å². The van der Waals surface area contributed by atoms with Crippen molar-refractivity contribution < 1.29 is 14.3 Å². The van der Waals surface area contributed by atoms with Crippen LogP contribution in [0.1, 0.15) is 38.0 Å². The van der Waals surface area contributed by atoms with Gasteiger partial charge >= 0.3 is 0 Å². The monoisotopic (exact) mass is 484 g/mol. The lowest BCUT2D eigenvalue weighted by Crippen LogP contribution is -2.36. The Kier molecular flexibility index (Phi) is 7.62. The molecule has 9 heteroatoms. The molecule has 0 atom stereocenters. The van der Waals surface area contributed by atoms with Crippen molar-refractivity contribution in [3.8, 4) is 5.75 Å². The van der Waals surface area contributed by atoms with Crippen LogP contribution in [0.15, 0.2) is 35.4 Å². The maximum Gasteiger partial charge on any atom is 0.261 e. The highest BCUT2D eigenvalue weighted by Crippen LogP contribution is 2.29. The number of methoxy groups -OCH3 is 1. The summed E-state index contributed by atoms with van der Waals surface area (Å²) in [4.78, 5) is 37.8. The number of thiophene rings is 1. The second-order valence-corrected chi connectivity index (χ2v) is 10.3. The number of nitrogens with zero attached hydrogens (tertiary/aromatic N) is 3. The first-order chi connectivity index (χ1) is 15.9. The number of hydrogen-bond acceptors (Lipinski definition) is 8. The van der Waals surface area contributed by atoms with Crippen molar-refractivity contribution in [2.45, 2.75) is 24.8 Å². The van der Waals surface area contributed by atoms with Gasteiger partial charge in [-0.05, 0) is 76.2 Å². The second-order valence-electron chi connectivity index (χ2n) is 8.29. The topological polar surface area (TPSA) is 84.4 Å². The molecular weight excluding hydrogens is 456 g/mol. The third-order valence-electron chi connectivity index (χ3n) is 5.81. The van der Waals surface area contributed by atoms with E-state index < -0.39 is 0 Å². The molecule has 2 aromatic heterocycles. The average Bonchev–Trinajstić information content (AvgIpc) is 3.32. The zero-order chi connectivity index (χ0) is 23.4. The fourth-order valence-corrected chi connectivity index (χ4v) is 5.72. The van der Waals surface area contributed by atoms with Gasteiger partial charge in [0, 0.05) is 11.9 Å². The molecule has 0 radical (unpaired) electrons. The minimum absolute atomic E-state index is 0.0216. The van der Waals surface area contributed by atoms with E-state index in [2.05, 4.69) is 27.2 Å². The predicted octanol–water partition coefficient (Wildman–Crippen LogP) is 4.05. The number of benzene rings is 1. The number of ether oxygens (including phenoxy) is 1. The zero-order valence-electron chi connectivity index (χ0n) is 19.1. The van der Waals surface area contributed by atoms with Gasteiger partial charge in [-0.1, -0.05) is 11.8 Å². The Balaban J connectivity index is 1.36. The molecule has 7 nitrogen and oxygen atoms in total. The summed E-state index contributed by atoms with van der Waals surface area (Å²) in [5.41, 5.74) is 0.818. The fourth-order valence-electron chi connectivity index (χ4n) is 3.83. The lowest BCUT2D eigenvalue weighted by atomic mass is 9.97. The molecular formula is C24H28N4O3S2. The first kappa shape index (κ1) is 23.7. The predicted molar refractivity (Wildman–Crippen MR) is 133 cm³/mol. The van der Waals surface area contributed by atoms with E-state index >= 15 is 0 Å². The highest BCUT2D eigenvalue weighted by atomic mass is 32.2. The lowest BCUT2D eigenvalue weighted by molar-refractivity contribution is 0.0942. The van der Waals surface area contributed by atoms with Crippen molar-refractivity contribution in [2.24, 2.45) is 5.92 Å². The van der Waals surface area contributed by atoms with E-state index in [1.807, 2.05) is 25.1 Å². The Labute approximate surface area is 201 Å². The number of nitrogens with one attached hydrogen (secondary N) is 1. The Morgan fingerprint density at radius 3 is 2.70 bits per heavy atom. The van der Waals surface area contributed by atoms with Crippen molar-refractivity contribution >= 4 is 45.7 Å². The van der Waals surface area contributed by atoms with Gasteiger partial charge in [0.2, 0.25) is 0 Å². The highest BCUT2D eigenvalue weighted by Gasteiger charge is 2.19. The number of rotatable bonds is 8. The highest BCUT2D eigenvalue weighted by molar-refractivity contribution is 8.00. The summed E-state index contributed by atoms with van der Waals surface area (Å²) < 4.78 is 5.32. The number of aromatic nitrogens is 2. The Morgan fingerprint density at radius 2 is 1.94 bits per heavy atom. The normalized spacial score (nSPS) is 15.0. The van der Waals surface area contributed by atoms with E-state index in [4.69, 9.17) is 4.74 Å². The van der Waals surface area contributed by atoms with E-state index in [-0.39, 0.29) is 17.4 Å². The number of ketones is 1. The average molecular weight is 485 g/mol. The molecule has 1 N–H and O–H groups in total. The van der Waals surface area contributed by atoms with Crippen LogP contribution >= 0.6 is 23.1 Å². The van der Waals surface area contributed by atoms with Crippen LogP contribution in [-0.4, -0.2) is 66.1 Å². The summed E-state index contributed by atoms with van der Waals surface area (Å²) in [5, 5.41) is 4.65. The van der Waals surface area contributed by atoms with E-state index in [1.54, 1.807) is 19.2 Å². The molecule has 1 amide bonds. The van der Waals surface area contributed by atoms with Crippen molar-refractivity contribution in [3.05, 3.63) is 45.9 Å². The number of amides is 1. The van der Waals surface area contributed by atoms with Crippen LogP contribution in [0.25, 0.3) is 10.9 Å². The van der Waals surface area contributed by atoms with Crippen LogP contribution in [0.3, 0.4) is 0 Å². The molecule has 0 spiro atoms. The maximum absolute atomic E-state index is 12.8. The van der Waals surface area contributed by atoms with Gasteiger partial charge in [0.1, 0.15) is 16.6 Å². The minimum Gasteiger partial charge on any atom is -0.497 e. The third kappa shape index (κ3) is 5.90. The second kappa shape index (κ2) is 10.6. The van der Waals surface area contributed by atoms with Gasteiger partial charge in [-0.15, -0.1) is 11.3 Å². The minimum atomic E-state index is -0.102. The van der Waals surface area contributed by atoms with Crippen LogP contribution in [0, 0.1) is 12.8 Å². The van der Waals surface area contributed by atoms with Crippen molar-refractivity contribution in [1.82, 2.24) is 20.2 Å². The van der Waals surface area contributed by atoms with Crippen molar-refractivity contribution in [3.63, 3.8) is 0 Å². The van der Waals surface area contributed by atoms with Crippen molar-refractivity contribution in [2.75, 3.05) is 39.5 Å². The lowest BCUT2D eigenvalue weighted by Gasteiger charge is -2.28. The molecule has 4 rings (SSSR count). The number of Topliss-reactive ketones (excluding diaryl/α,β-unsaturated/α-hetero) is 1. The van der Waals surface area contributed by atoms with Gasteiger partial charge in [0.25, 0.3) is 5.91 Å². The quantitative estimate of drug-likeness (QED) is 0.293. The Bertz CT molecular complexity index is 1160. The van der Waals surface area contributed by atoms with Crippen LogP contribution < -0.4 is 10.1 Å². The molecule has 1 saturated heterocycles. The van der Waals surface area contributed by atoms with E-state index in [9.17, 15) is 9.59 Å². The smallest absolute Gasteiger partial charge is 0.261 e. The molecule has 3 aromatic rings. The van der Waals surface area contributed by atoms with Gasteiger partial charge in [-0.3, -0.25) is 9.59 Å². The largest absolute Gasteiger partial charge is 0.497 e. The number of hydrogen-bond donors (Lipinski definition) is 1. The Morgan fingerprint density at radius 1 is 1.18 bits per heavy atom. The standard InChI is InChI=1S/C24H28N4O3S2/c1-15-26-19-5-4-17(31-3)12-18(19)24(27-15)32-14-20(29)21-6-7-22(33-21)23(30)25-13-16-8-10-28(2)11-9-16/h4-7,12,16H,8-11,13-14H2,1-3H3,(H,25,30). The Hall–Kier alpha value is -2.49. The van der Waals surface area contributed by atoms with Gasteiger partial charge in [0.15, 0.2) is 5.78 Å². The first-order valence-corrected chi connectivity index (χ1v) is 12.8. The molecule has 0 saturated carbocycles. The van der Waals surface area contributed by atoms with Crippen molar-refractivity contribution in [1.29, 1.82) is 0 Å². The van der Waals surface area contributed by atoms with Crippen LogP contribution in [0.2, 0.25) is 0 Å². The van der Waals surface area contributed by atoms with E-state index in [0.29, 0.717) is 28.0 Å². The molecule has 1 aliphatic heterocycles. The number of piperidine rings is 1. The van der Waals surface area contributed by atoms with Gasteiger partial charge < -0.3 is 15.0 Å². The van der Waals surface area contributed by atoms with E-state index in [1.165, 1.54) is 23.1 Å².